The van der Waals surface area contributed by atoms with E-state index in [4.69, 9.17) is 9.47 Å². The van der Waals surface area contributed by atoms with Crippen molar-refractivity contribution in [3.63, 3.8) is 0 Å². The standard InChI is InChI=1S/C12H19NO2/c1-9(10(2)14-3)13-11-6-5-7-12(8-11)15-4/h5-10,13H,1-4H3. The molecule has 0 aliphatic heterocycles. The molecular formula is C12H19NO2. The van der Waals surface area contributed by atoms with Crippen molar-refractivity contribution < 1.29 is 9.47 Å². The lowest BCUT2D eigenvalue weighted by molar-refractivity contribution is 0.106. The maximum atomic E-state index is 5.25. The monoisotopic (exact) mass is 209 g/mol. The highest BCUT2D eigenvalue weighted by Crippen LogP contribution is 2.18. The molecule has 0 amide bonds. The van der Waals surface area contributed by atoms with Gasteiger partial charge in [-0.2, -0.15) is 0 Å². The molecule has 3 nitrogen and oxygen atoms in total. The first kappa shape index (κ1) is 11.9. The van der Waals surface area contributed by atoms with Gasteiger partial charge >= 0.3 is 0 Å². The van der Waals surface area contributed by atoms with Crippen molar-refractivity contribution >= 4 is 5.69 Å². The smallest absolute Gasteiger partial charge is 0.120 e. The lowest BCUT2D eigenvalue weighted by atomic mass is 10.2. The van der Waals surface area contributed by atoms with Crippen molar-refractivity contribution in [2.45, 2.75) is 26.0 Å². The second-order valence-electron chi connectivity index (χ2n) is 3.61. The predicted molar refractivity (Wildman–Crippen MR) is 62.5 cm³/mol. The van der Waals surface area contributed by atoms with Gasteiger partial charge in [-0.05, 0) is 26.0 Å². The van der Waals surface area contributed by atoms with Crippen LogP contribution in [0.5, 0.6) is 5.75 Å². The lowest BCUT2D eigenvalue weighted by Gasteiger charge is -2.21. The van der Waals surface area contributed by atoms with E-state index in [1.807, 2.05) is 31.2 Å². The number of methoxy groups -OCH3 is 2. The Labute approximate surface area is 91.4 Å². The second kappa shape index (κ2) is 5.61. The van der Waals surface area contributed by atoms with Gasteiger partial charge in [-0.3, -0.25) is 0 Å². The highest BCUT2D eigenvalue weighted by molar-refractivity contribution is 5.48. The molecule has 0 saturated carbocycles. The highest BCUT2D eigenvalue weighted by Gasteiger charge is 2.10. The summed E-state index contributed by atoms with van der Waals surface area (Å²) in [4.78, 5) is 0. The summed E-state index contributed by atoms with van der Waals surface area (Å²) in [5.41, 5.74) is 1.05. The van der Waals surface area contributed by atoms with Crippen molar-refractivity contribution in [1.29, 1.82) is 0 Å². The summed E-state index contributed by atoms with van der Waals surface area (Å²) < 4.78 is 10.4. The van der Waals surface area contributed by atoms with Crippen LogP contribution in [0.3, 0.4) is 0 Å². The Morgan fingerprint density at radius 2 is 1.93 bits per heavy atom. The summed E-state index contributed by atoms with van der Waals surface area (Å²) in [6.45, 7) is 4.13. The fraction of sp³-hybridized carbons (Fsp3) is 0.500. The van der Waals surface area contributed by atoms with Crippen LogP contribution in [0.15, 0.2) is 24.3 Å². The zero-order valence-electron chi connectivity index (χ0n) is 9.78. The third kappa shape index (κ3) is 3.44. The molecular weight excluding hydrogens is 190 g/mol. The minimum Gasteiger partial charge on any atom is -0.497 e. The van der Waals surface area contributed by atoms with Gasteiger partial charge in [0.05, 0.1) is 13.2 Å². The Kier molecular flexibility index (Phi) is 4.43. The summed E-state index contributed by atoms with van der Waals surface area (Å²) in [6, 6.07) is 8.14. The Morgan fingerprint density at radius 1 is 1.20 bits per heavy atom. The largest absolute Gasteiger partial charge is 0.497 e. The van der Waals surface area contributed by atoms with E-state index in [0.717, 1.165) is 11.4 Å². The number of hydrogen-bond donors (Lipinski definition) is 1. The van der Waals surface area contributed by atoms with E-state index in [2.05, 4.69) is 12.2 Å². The van der Waals surface area contributed by atoms with Crippen LogP contribution in [0.4, 0.5) is 5.69 Å². The quantitative estimate of drug-likeness (QED) is 0.808. The predicted octanol–water partition coefficient (Wildman–Crippen LogP) is 2.53. The van der Waals surface area contributed by atoms with Crippen molar-refractivity contribution in [3.8, 4) is 5.75 Å². The van der Waals surface area contributed by atoms with E-state index in [1.54, 1.807) is 14.2 Å². The Morgan fingerprint density at radius 3 is 2.53 bits per heavy atom. The molecule has 0 heterocycles. The normalized spacial score (nSPS) is 14.4. The first-order valence-corrected chi connectivity index (χ1v) is 5.10. The molecule has 0 bridgehead atoms. The van der Waals surface area contributed by atoms with Crippen molar-refractivity contribution in [2.75, 3.05) is 19.5 Å². The zero-order valence-corrected chi connectivity index (χ0v) is 9.78. The molecule has 15 heavy (non-hydrogen) atoms. The van der Waals surface area contributed by atoms with Gasteiger partial charge in [-0.25, -0.2) is 0 Å². The topological polar surface area (TPSA) is 30.5 Å². The van der Waals surface area contributed by atoms with Gasteiger partial charge in [0, 0.05) is 24.9 Å². The second-order valence-corrected chi connectivity index (χ2v) is 3.61. The summed E-state index contributed by atoms with van der Waals surface area (Å²) in [6.07, 6.45) is 0.177. The Bertz CT molecular complexity index is 301. The van der Waals surface area contributed by atoms with Gasteiger partial charge in [0.1, 0.15) is 5.75 Å². The van der Waals surface area contributed by atoms with Gasteiger partial charge in [0.2, 0.25) is 0 Å². The minimum atomic E-state index is 0.177. The summed E-state index contributed by atoms with van der Waals surface area (Å²) >= 11 is 0. The van der Waals surface area contributed by atoms with Crippen molar-refractivity contribution in [3.05, 3.63) is 24.3 Å². The Balaban J connectivity index is 2.63. The van der Waals surface area contributed by atoms with Crippen molar-refractivity contribution in [2.24, 2.45) is 0 Å². The average Bonchev–Trinajstić information content (AvgIpc) is 2.28. The lowest BCUT2D eigenvalue weighted by Crippen LogP contribution is -2.29. The van der Waals surface area contributed by atoms with Crippen LogP contribution in [-0.4, -0.2) is 26.4 Å². The molecule has 1 N–H and O–H groups in total. The fourth-order valence-electron chi connectivity index (χ4n) is 1.30. The molecule has 1 rings (SSSR count). The summed E-state index contributed by atoms with van der Waals surface area (Å²) in [5, 5.41) is 3.36. The van der Waals surface area contributed by atoms with Crippen LogP contribution in [0.1, 0.15) is 13.8 Å². The number of hydrogen-bond acceptors (Lipinski definition) is 3. The van der Waals surface area contributed by atoms with Crippen LogP contribution in [0.25, 0.3) is 0 Å². The average molecular weight is 209 g/mol. The van der Waals surface area contributed by atoms with Crippen molar-refractivity contribution in [1.82, 2.24) is 0 Å². The SMILES string of the molecule is COc1cccc(NC(C)C(C)OC)c1. The van der Waals surface area contributed by atoms with Crippen LogP contribution in [-0.2, 0) is 4.74 Å². The Hall–Kier alpha value is -1.22. The number of ether oxygens (including phenoxy) is 2. The number of benzene rings is 1. The van der Waals surface area contributed by atoms with Crippen LogP contribution in [0.2, 0.25) is 0 Å². The van der Waals surface area contributed by atoms with E-state index in [1.165, 1.54) is 0 Å². The van der Waals surface area contributed by atoms with Gasteiger partial charge < -0.3 is 14.8 Å². The molecule has 84 valence electrons. The molecule has 3 heteroatoms. The molecule has 0 fully saturated rings. The van der Waals surface area contributed by atoms with Gasteiger partial charge in [0.15, 0.2) is 0 Å². The summed E-state index contributed by atoms with van der Waals surface area (Å²) in [5.74, 6) is 0.859. The number of anilines is 1. The molecule has 1 aromatic rings. The van der Waals surface area contributed by atoms with Gasteiger partial charge in [0.25, 0.3) is 0 Å². The van der Waals surface area contributed by atoms with E-state index >= 15 is 0 Å². The molecule has 0 aromatic heterocycles. The molecule has 0 radical (unpaired) electrons. The fourth-order valence-corrected chi connectivity index (χ4v) is 1.30. The van der Waals surface area contributed by atoms with Crippen LogP contribution >= 0.6 is 0 Å². The maximum Gasteiger partial charge on any atom is 0.120 e. The van der Waals surface area contributed by atoms with Gasteiger partial charge in [-0.1, -0.05) is 6.07 Å². The molecule has 0 aliphatic carbocycles. The molecule has 1 aromatic carbocycles. The van der Waals surface area contributed by atoms with E-state index in [0.29, 0.717) is 0 Å². The first-order valence-electron chi connectivity index (χ1n) is 5.10. The zero-order chi connectivity index (χ0) is 11.3. The molecule has 0 saturated heterocycles. The third-order valence-corrected chi connectivity index (χ3v) is 2.54. The van der Waals surface area contributed by atoms with E-state index in [9.17, 15) is 0 Å². The number of nitrogens with one attached hydrogen (secondary N) is 1. The van der Waals surface area contributed by atoms with E-state index < -0.39 is 0 Å². The van der Waals surface area contributed by atoms with E-state index in [-0.39, 0.29) is 12.1 Å². The van der Waals surface area contributed by atoms with Crippen LogP contribution < -0.4 is 10.1 Å². The number of rotatable bonds is 5. The molecule has 0 spiro atoms. The molecule has 0 aliphatic rings. The highest BCUT2D eigenvalue weighted by atomic mass is 16.5. The van der Waals surface area contributed by atoms with Gasteiger partial charge in [-0.15, -0.1) is 0 Å². The maximum absolute atomic E-state index is 5.25. The minimum absolute atomic E-state index is 0.177. The summed E-state index contributed by atoms with van der Waals surface area (Å²) in [7, 11) is 3.38. The van der Waals surface area contributed by atoms with Crippen LogP contribution in [0, 0.1) is 0 Å². The molecule has 2 atom stereocenters. The first-order chi connectivity index (χ1) is 7.17. The molecule has 2 unspecified atom stereocenters. The third-order valence-electron chi connectivity index (χ3n) is 2.54.